The third-order valence-electron chi connectivity index (χ3n) is 3.74. The van der Waals surface area contributed by atoms with E-state index in [1.807, 2.05) is 32.0 Å². The van der Waals surface area contributed by atoms with Gasteiger partial charge in [0.05, 0.1) is 5.92 Å². The van der Waals surface area contributed by atoms with Gasteiger partial charge in [-0.1, -0.05) is 6.07 Å². The molecule has 96 valence electrons. The first-order valence-electron chi connectivity index (χ1n) is 6.04. The Balaban J connectivity index is 2.35. The van der Waals surface area contributed by atoms with Crippen molar-refractivity contribution < 1.29 is 14.7 Å². The quantitative estimate of drug-likeness (QED) is 0.871. The number of carbonyl (C=O) groups is 2. The molecule has 1 heterocycles. The Bertz CT molecular complexity index is 510. The van der Waals surface area contributed by atoms with Crippen LogP contribution in [-0.4, -0.2) is 23.0 Å². The first-order chi connectivity index (χ1) is 8.41. The summed E-state index contributed by atoms with van der Waals surface area (Å²) in [4.78, 5) is 24.6. The summed E-state index contributed by atoms with van der Waals surface area (Å²) in [6, 6.07) is 5.48. The Morgan fingerprint density at radius 3 is 2.50 bits per heavy atom. The van der Waals surface area contributed by atoms with Gasteiger partial charge < -0.3 is 10.0 Å². The Kier molecular flexibility index (Phi) is 3.11. The van der Waals surface area contributed by atoms with Crippen molar-refractivity contribution in [1.82, 2.24) is 0 Å². The lowest BCUT2D eigenvalue weighted by atomic mass is 10.0. The highest BCUT2D eigenvalue weighted by molar-refractivity contribution is 6.00. The second-order valence-electron chi connectivity index (χ2n) is 4.92. The largest absolute Gasteiger partial charge is 0.481 e. The molecule has 0 aromatic heterocycles. The van der Waals surface area contributed by atoms with Crippen molar-refractivity contribution in [3.63, 3.8) is 0 Å². The molecule has 4 nitrogen and oxygen atoms in total. The van der Waals surface area contributed by atoms with E-state index in [1.54, 1.807) is 11.8 Å². The van der Waals surface area contributed by atoms with Gasteiger partial charge in [-0.15, -0.1) is 0 Å². The molecule has 2 atom stereocenters. The Morgan fingerprint density at radius 1 is 1.33 bits per heavy atom. The van der Waals surface area contributed by atoms with Gasteiger partial charge >= 0.3 is 5.97 Å². The van der Waals surface area contributed by atoms with E-state index in [-0.39, 0.29) is 18.4 Å². The van der Waals surface area contributed by atoms with Crippen LogP contribution >= 0.6 is 0 Å². The zero-order chi connectivity index (χ0) is 13.4. The molecule has 2 unspecified atom stereocenters. The van der Waals surface area contributed by atoms with Gasteiger partial charge in [-0.3, -0.25) is 9.59 Å². The summed E-state index contributed by atoms with van der Waals surface area (Å²) in [7, 11) is 0. The molecule has 1 aliphatic rings. The molecule has 1 aromatic carbocycles. The number of anilines is 1. The van der Waals surface area contributed by atoms with Crippen molar-refractivity contribution in [3.05, 3.63) is 29.3 Å². The topological polar surface area (TPSA) is 57.6 Å². The van der Waals surface area contributed by atoms with Crippen LogP contribution in [0.2, 0.25) is 0 Å². The first-order valence-corrected chi connectivity index (χ1v) is 6.04. The number of nitrogens with zero attached hydrogens (tertiary/aromatic N) is 1. The lowest BCUT2D eigenvalue weighted by molar-refractivity contribution is -0.142. The molecule has 2 rings (SSSR count). The summed E-state index contributed by atoms with van der Waals surface area (Å²) in [5, 5.41) is 9.09. The van der Waals surface area contributed by atoms with Crippen LogP contribution in [0, 0.1) is 19.8 Å². The third-order valence-corrected chi connectivity index (χ3v) is 3.74. The first kappa shape index (κ1) is 12.6. The van der Waals surface area contributed by atoms with Gasteiger partial charge in [0.15, 0.2) is 0 Å². The average molecular weight is 247 g/mol. The van der Waals surface area contributed by atoms with Crippen LogP contribution in [0.25, 0.3) is 0 Å². The number of amides is 1. The van der Waals surface area contributed by atoms with E-state index in [1.165, 1.54) is 0 Å². The molecular weight excluding hydrogens is 230 g/mol. The average Bonchev–Trinajstić information content (AvgIpc) is 2.59. The van der Waals surface area contributed by atoms with Crippen LogP contribution in [0.3, 0.4) is 0 Å². The predicted molar refractivity (Wildman–Crippen MR) is 68.6 cm³/mol. The minimum absolute atomic E-state index is 0.0867. The highest BCUT2D eigenvalue weighted by atomic mass is 16.4. The van der Waals surface area contributed by atoms with E-state index in [9.17, 15) is 9.59 Å². The minimum atomic E-state index is -0.901. The van der Waals surface area contributed by atoms with Gasteiger partial charge in [0.25, 0.3) is 0 Å². The van der Waals surface area contributed by atoms with Crippen LogP contribution in [-0.2, 0) is 9.59 Å². The zero-order valence-electron chi connectivity index (χ0n) is 10.8. The number of hydrogen-bond donors (Lipinski definition) is 1. The Labute approximate surface area is 106 Å². The van der Waals surface area contributed by atoms with Crippen LogP contribution in [0.5, 0.6) is 0 Å². The SMILES string of the molecule is Cc1ccc(N2C(=O)CC(C(=O)O)C2C)cc1C. The van der Waals surface area contributed by atoms with Crippen LogP contribution in [0.15, 0.2) is 18.2 Å². The zero-order valence-corrected chi connectivity index (χ0v) is 10.8. The van der Waals surface area contributed by atoms with Gasteiger partial charge in [0.2, 0.25) is 5.91 Å². The van der Waals surface area contributed by atoms with Crippen molar-refractivity contribution >= 4 is 17.6 Å². The van der Waals surface area contributed by atoms with Crippen molar-refractivity contribution in [2.24, 2.45) is 5.92 Å². The van der Waals surface area contributed by atoms with E-state index in [0.29, 0.717) is 0 Å². The fourth-order valence-electron chi connectivity index (χ4n) is 2.41. The summed E-state index contributed by atoms with van der Waals surface area (Å²) >= 11 is 0. The van der Waals surface area contributed by atoms with Crippen molar-refractivity contribution in [2.45, 2.75) is 33.2 Å². The minimum Gasteiger partial charge on any atom is -0.481 e. The summed E-state index contributed by atoms with van der Waals surface area (Å²) in [6.45, 7) is 5.78. The van der Waals surface area contributed by atoms with Crippen molar-refractivity contribution in [1.29, 1.82) is 0 Å². The molecule has 1 saturated heterocycles. The maximum atomic E-state index is 12.0. The number of carboxylic acid groups (broad SMARTS) is 1. The summed E-state index contributed by atoms with van der Waals surface area (Å²) in [5.74, 6) is -1.63. The number of hydrogen-bond acceptors (Lipinski definition) is 2. The highest BCUT2D eigenvalue weighted by Gasteiger charge is 2.41. The van der Waals surface area contributed by atoms with Gasteiger partial charge in [-0.05, 0) is 44.0 Å². The molecule has 1 amide bonds. The van der Waals surface area contributed by atoms with Crippen LogP contribution in [0.1, 0.15) is 24.5 Å². The van der Waals surface area contributed by atoms with E-state index < -0.39 is 11.9 Å². The molecule has 0 radical (unpaired) electrons. The lowest BCUT2D eigenvalue weighted by Crippen LogP contribution is -2.34. The molecule has 0 spiro atoms. The van der Waals surface area contributed by atoms with Crippen molar-refractivity contribution in [3.8, 4) is 0 Å². The Morgan fingerprint density at radius 2 is 2.00 bits per heavy atom. The molecule has 18 heavy (non-hydrogen) atoms. The third kappa shape index (κ3) is 1.98. The van der Waals surface area contributed by atoms with Crippen LogP contribution in [0.4, 0.5) is 5.69 Å². The monoisotopic (exact) mass is 247 g/mol. The number of aryl methyl sites for hydroxylation is 2. The lowest BCUT2D eigenvalue weighted by Gasteiger charge is -2.24. The maximum Gasteiger partial charge on any atom is 0.309 e. The molecule has 4 heteroatoms. The smallest absolute Gasteiger partial charge is 0.309 e. The van der Waals surface area contributed by atoms with Crippen molar-refractivity contribution in [2.75, 3.05) is 4.90 Å². The Hall–Kier alpha value is -1.84. The highest BCUT2D eigenvalue weighted by Crippen LogP contribution is 2.31. The van der Waals surface area contributed by atoms with E-state index in [0.717, 1.165) is 16.8 Å². The van der Waals surface area contributed by atoms with Gasteiger partial charge in [0, 0.05) is 18.2 Å². The molecule has 1 aliphatic heterocycles. The number of carbonyl (C=O) groups excluding carboxylic acids is 1. The van der Waals surface area contributed by atoms with E-state index in [4.69, 9.17) is 5.11 Å². The van der Waals surface area contributed by atoms with E-state index >= 15 is 0 Å². The molecule has 0 aliphatic carbocycles. The van der Waals surface area contributed by atoms with Crippen LogP contribution < -0.4 is 4.90 Å². The fourth-order valence-corrected chi connectivity index (χ4v) is 2.41. The maximum absolute atomic E-state index is 12.0. The van der Waals surface area contributed by atoms with Gasteiger partial charge in [-0.2, -0.15) is 0 Å². The number of benzene rings is 1. The second kappa shape index (κ2) is 4.44. The number of aliphatic carboxylic acids is 1. The summed E-state index contributed by atoms with van der Waals surface area (Å²) in [5.41, 5.74) is 3.05. The molecule has 0 saturated carbocycles. The number of carboxylic acids is 1. The number of rotatable bonds is 2. The molecule has 1 N–H and O–H groups in total. The summed E-state index contributed by atoms with van der Waals surface area (Å²) < 4.78 is 0. The molecule has 0 bridgehead atoms. The second-order valence-corrected chi connectivity index (χ2v) is 4.92. The molecule has 1 aromatic rings. The normalized spacial score (nSPS) is 23.5. The van der Waals surface area contributed by atoms with Gasteiger partial charge in [0.1, 0.15) is 0 Å². The van der Waals surface area contributed by atoms with Gasteiger partial charge in [-0.25, -0.2) is 0 Å². The fraction of sp³-hybridized carbons (Fsp3) is 0.429. The molecular formula is C14H17NO3. The summed E-state index contributed by atoms with van der Waals surface area (Å²) in [6.07, 6.45) is 0.0867. The molecule has 1 fully saturated rings. The predicted octanol–water partition coefficient (Wildman–Crippen LogP) is 2.13. The van der Waals surface area contributed by atoms with E-state index in [2.05, 4.69) is 0 Å². The standard InChI is InChI=1S/C14H17NO3/c1-8-4-5-11(6-9(8)2)15-10(3)12(14(17)18)7-13(15)16/h4-6,10,12H,7H2,1-3H3,(H,17,18).